The summed E-state index contributed by atoms with van der Waals surface area (Å²) < 4.78 is 23.8. The van der Waals surface area contributed by atoms with E-state index in [1.807, 2.05) is 0 Å². The molecule has 0 aromatic carbocycles. The average molecular weight is 626 g/mol. The Morgan fingerprint density at radius 2 is 1.63 bits per heavy atom. The summed E-state index contributed by atoms with van der Waals surface area (Å²) in [4.78, 5) is 12.8. The van der Waals surface area contributed by atoms with Gasteiger partial charge in [0, 0.05) is 19.1 Å². The van der Waals surface area contributed by atoms with Crippen molar-refractivity contribution in [1.82, 2.24) is 10.6 Å². The Bertz CT molecular complexity index is 849. The maximum atomic E-state index is 12.8. The number of carbonyl (C=O) groups excluding carboxylic acids is 1. The van der Waals surface area contributed by atoms with Crippen molar-refractivity contribution in [2.24, 2.45) is 28.7 Å². The van der Waals surface area contributed by atoms with Crippen molar-refractivity contribution in [3.05, 3.63) is 0 Å². The van der Waals surface area contributed by atoms with Gasteiger partial charge in [-0.05, 0) is 38.8 Å². The largest absolute Gasteiger partial charge is 0.394 e. The summed E-state index contributed by atoms with van der Waals surface area (Å²) in [6.07, 6.45) is -12.4. The highest BCUT2D eigenvalue weighted by molar-refractivity contribution is 5.81. The third-order valence-corrected chi connectivity index (χ3v) is 8.25. The minimum Gasteiger partial charge on any atom is -0.394 e. The third-order valence-electron chi connectivity index (χ3n) is 8.25. The lowest BCUT2D eigenvalue weighted by Crippen LogP contribution is -2.69. The van der Waals surface area contributed by atoms with E-state index in [1.165, 1.54) is 0 Å². The molecule has 0 aromatic heterocycles. The first kappa shape index (κ1) is 36.3. The summed E-state index contributed by atoms with van der Waals surface area (Å²) >= 11 is 0. The Kier molecular flexibility index (Phi) is 14.3. The zero-order valence-electron chi connectivity index (χ0n) is 24.1. The molecule has 3 rings (SSSR count). The molecule has 1 aliphatic carbocycles. The summed E-state index contributed by atoms with van der Waals surface area (Å²) in [6.45, 7) is 0.297. The molecule has 1 amide bonds. The van der Waals surface area contributed by atoms with Crippen LogP contribution < -0.4 is 39.3 Å². The summed E-state index contributed by atoms with van der Waals surface area (Å²) in [6, 6.07) is -3.53. The highest BCUT2D eigenvalue weighted by Crippen LogP contribution is 2.32. The second-order valence-corrected chi connectivity index (χ2v) is 11.4. The van der Waals surface area contributed by atoms with E-state index >= 15 is 0 Å². The zero-order valence-corrected chi connectivity index (χ0v) is 24.1. The lowest BCUT2D eigenvalue weighted by atomic mass is 9.83. The number of carbonyl (C=O) groups is 1. The first-order chi connectivity index (χ1) is 20.5. The van der Waals surface area contributed by atoms with E-state index in [-0.39, 0.29) is 25.1 Å². The fraction of sp³-hybridized carbons (Fsp3) is 0.960. The number of hydrogen-bond acceptors (Lipinski definition) is 17. The number of amides is 1. The quantitative estimate of drug-likeness (QED) is 0.0797. The van der Waals surface area contributed by atoms with Crippen LogP contribution in [0.3, 0.4) is 0 Å². The first-order valence-electron chi connectivity index (χ1n) is 14.7. The predicted octanol–water partition coefficient (Wildman–Crippen LogP) is -7.45. The summed E-state index contributed by atoms with van der Waals surface area (Å²) in [7, 11) is 0. The fourth-order valence-corrected chi connectivity index (χ4v) is 5.59. The zero-order chi connectivity index (χ0) is 31.8. The van der Waals surface area contributed by atoms with Crippen LogP contribution in [0.1, 0.15) is 25.7 Å². The molecule has 18 heteroatoms. The molecule has 3 fully saturated rings. The highest BCUT2D eigenvalue weighted by Gasteiger charge is 2.51. The molecule has 2 saturated heterocycles. The van der Waals surface area contributed by atoms with Gasteiger partial charge in [0.25, 0.3) is 5.91 Å². The predicted molar refractivity (Wildman–Crippen MR) is 149 cm³/mol. The molecule has 0 aromatic rings. The Morgan fingerprint density at radius 3 is 2.26 bits per heavy atom. The standard InChI is InChI=1S/C25H51N7O11/c26-4-1-5-31-12-3-2-10(7-27)40-24(12)42-21-11(29)6-13(32-23(39)17(35)14(34)8-28)22(20(21)38)43-25-19(37)16(30)18(36)15(9-33)41-25/h10-22,24-25,31,33-38H,1-9,26-30H2,(H,32,39)/t10-,11-,12+,13+,14?,15+,16-,17?,18+,19+,20-,21?,22-,24+,25+/m0/s1. The minimum atomic E-state index is -1.89. The van der Waals surface area contributed by atoms with Crippen molar-refractivity contribution in [3.8, 4) is 0 Å². The van der Waals surface area contributed by atoms with Crippen LogP contribution in [-0.2, 0) is 23.7 Å². The molecule has 0 radical (unpaired) electrons. The molecule has 15 atom stereocenters. The molecule has 43 heavy (non-hydrogen) atoms. The first-order valence-corrected chi connectivity index (χ1v) is 14.7. The molecule has 3 aliphatic rings. The van der Waals surface area contributed by atoms with Gasteiger partial charge in [-0.25, -0.2) is 0 Å². The van der Waals surface area contributed by atoms with Crippen molar-refractivity contribution < 1.29 is 54.4 Å². The summed E-state index contributed by atoms with van der Waals surface area (Å²) in [5, 5.41) is 68.0. The Morgan fingerprint density at radius 1 is 0.930 bits per heavy atom. The number of nitrogens with two attached hydrogens (primary N) is 5. The monoisotopic (exact) mass is 625 g/mol. The van der Waals surface area contributed by atoms with Gasteiger partial charge >= 0.3 is 0 Å². The smallest absolute Gasteiger partial charge is 0.251 e. The van der Waals surface area contributed by atoms with E-state index in [1.54, 1.807) is 0 Å². The van der Waals surface area contributed by atoms with E-state index in [9.17, 15) is 35.4 Å². The normalized spacial score (nSPS) is 41.9. The Hall–Kier alpha value is -1.17. The van der Waals surface area contributed by atoms with E-state index in [4.69, 9.17) is 47.6 Å². The molecular weight excluding hydrogens is 574 g/mol. The van der Waals surface area contributed by atoms with E-state index in [0.29, 0.717) is 32.4 Å². The van der Waals surface area contributed by atoms with Crippen LogP contribution in [0.4, 0.5) is 0 Å². The number of ether oxygens (including phenoxy) is 4. The van der Waals surface area contributed by atoms with Crippen LogP contribution in [0.5, 0.6) is 0 Å². The van der Waals surface area contributed by atoms with Crippen LogP contribution in [0.25, 0.3) is 0 Å². The third kappa shape index (κ3) is 8.97. The average Bonchev–Trinajstić information content (AvgIpc) is 3.00. The molecule has 252 valence electrons. The lowest BCUT2D eigenvalue weighted by Gasteiger charge is -2.48. The second-order valence-electron chi connectivity index (χ2n) is 11.4. The number of nitrogens with one attached hydrogen (secondary N) is 2. The van der Waals surface area contributed by atoms with Crippen molar-refractivity contribution in [2.75, 3.05) is 32.8 Å². The van der Waals surface area contributed by atoms with Gasteiger partial charge in [-0.3, -0.25) is 4.79 Å². The number of aliphatic hydroxyl groups is 6. The molecule has 0 spiro atoms. The SMILES string of the molecule is NCCCN[C@@H]1CC[C@@H](CN)O[C@@H]1OC1[C@@H](N)C[C@@H](NC(=O)C(O)C(O)CN)[C@H](O[C@H]2O[C@H](CO)[C@@H](O)[C@H](N)[C@H]2O)[C@H]1O. The van der Waals surface area contributed by atoms with Gasteiger partial charge in [-0.2, -0.15) is 0 Å². The Labute approximate surface area is 250 Å². The summed E-state index contributed by atoms with van der Waals surface area (Å²) in [5.74, 6) is -1.01. The van der Waals surface area contributed by atoms with E-state index in [2.05, 4.69) is 10.6 Å². The molecule has 3 unspecified atom stereocenters. The van der Waals surface area contributed by atoms with Crippen LogP contribution in [0.15, 0.2) is 0 Å². The lowest BCUT2D eigenvalue weighted by molar-refractivity contribution is -0.314. The van der Waals surface area contributed by atoms with Crippen LogP contribution >= 0.6 is 0 Å². The topological polar surface area (TPSA) is 330 Å². The van der Waals surface area contributed by atoms with Gasteiger partial charge in [-0.1, -0.05) is 0 Å². The van der Waals surface area contributed by atoms with E-state index in [0.717, 1.165) is 0 Å². The van der Waals surface area contributed by atoms with Gasteiger partial charge in [-0.15, -0.1) is 0 Å². The van der Waals surface area contributed by atoms with Gasteiger partial charge in [0.15, 0.2) is 18.7 Å². The molecule has 2 aliphatic heterocycles. The van der Waals surface area contributed by atoms with Crippen LogP contribution in [-0.4, -0.2) is 161 Å². The van der Waals surface area contributed by atoms with Gasteiger partial charge in [0.1, 0.15) is 42.7 Å². The van der Waals surface area contributed by atoms with Crippen molar-refractivity contribution >= 4 is 5.91 Å². The molecule has 18 nitrogen and oxygen atoms in total. The van der Waals surface area contributed by atoms with Crippen molar-refractivity contribution in [3.63, 3.8) is 0 Å². The highest BCUT2D eigenvalue weighted by atomic mass is 16.7. The maximum Gasteiger partial charge on any atom is 0.251 e. The molecule has 2 heterocycles. The van der Waals surface area contributed by atoms with Gasteiger partial charge < -0.3 is 88.9 Å². The van der Waals surface area contributed by atoms with Crippen molar-refractivity contribution in [1.29, 1.82) is 0 Å². The number of aliphatic hydroxyl groups excluding tert-OH is 6. The van der Waals surface area contributed by atoms with E-state index < -0.39 is 98.6 Å². The second kappa shape index (κ2) is 16.9. The number of rotatable bonds is 14. The minimum absolute atomic E-state index is 0.0528. The molecule has 1 saturated carbocycles. The fourth-order valence-electron chi connectivity index (χ4n) is 5.59. The van der Waals surface area contributed by atoms with Crippen molar-refractivity contribution in [2.45, 2.75) is 117 Å². The van der Waals surface area contributed by atoms with Gasteiger partial charge in [0.2, 0.25) is 0 Å². The van der Waals surface area contributed by atoms with Gasteiger partial charge in [0.05, 0.1) is 30.8 Å². The molecular formula is C25H51N7O11. The van der Waals surface area contributed by atoms with Crippen LogP contribution in [0.2, 0.25) is 0 Å². The molecule has 18 N–H and O–H groups in total. The maximum absolute atomic E-state index is 12.8. The Balaban J connectivity index is 1.85. The summed E-state index contributed by atoms with van der Waals surface area (Å²) in [5.41, 5.74) is 29.2. The molecule has 0 bridgehead atoms. The number of hydrogen-bond donors (Lipinski definition) is 13. The van der Waals surface area contributed by atoms with Crippen LogP contribution in [0, 0.1) is 0 Å².